The van der Waals surface area contributed by atoms with E-state index in [9.17, 15) is 4.79 Å². The quantitative estimate of drug-likeness (QED) is 0.589. The molecule has 0 aromatic heterocycles. The Balaban J connectivity index is 3.00. The maximum Gasteiger partial charge on any atom is 0.326 e. The van der Waals surface area contributed by atoms with Crippen molar-refractivity contribution in [3.05, 3.63) is 35.9 Å². The Labute approximate surface area is 86.0 Å². The van der Waals surface area contributed by atoms with Crippen LogP contribution in [0.4, 0.5) is 0 Å². The van der Waals surface area contributed by atoms with Gasteiger partial charge in [0.05, 0.1) is 7.11 Å². The molecule has 0 unspecified atom stereocenters. The predicted molar refractivity (Wildman–Crippen MR) is 54.7 cm³/mol. The van der Waals surface area contributed by atoms with Crippen molar-refractivity contribution in [1.82, 2.24) is 0 Å². The molecule has 0 heterocycles. The van der Waals surface area contributed by atoms with Crippen LogP contribution in [0, 0.1) is 0 Å². The number of hydrogen-bond acceptors (Lipinski definition) is 2. The molecule has 13 heavy (non-hydrogen) atoms. The van der Waals surface area contributed by atoms with Crippen LogP contribution < -0.4 is 0 Å². The number of ether oxygens (including phenoxy) is 1. The fourth-order valence-corrected chi connectivity index (χ4v) is 1.49. The van der Waals surface area contributed by atoms with Crippen LogP contribution in [-0.2, 0) is 13.9 Å². The first-order valence-corrected chi connectivity index (χ1v) is 4.71. The number of esters is 1. The molecule has 3 heteroatoms. The summed E-state index contributed by atoms with van der Waals surface area (Å²) in [5, 5.41) is 0. The van der Waals surface area contributed by atoms with Crippen molar-refractivity contribution in [2.24, 2.45) is 0 Å². The van der Waals surface area contributed by atoms with Crippen molar-refractivity contribution in [3.8, 4) is 0 Å². The van der Waals surface area contributed by atoms with Crippen molar-refractivity contribution in [2.45, 2.75) is 11.2 Å². The lowest BCUT2D eigenvalue weighted by molar-refractivity contribution is -0.143. The monoisotopic (exact) mass is 242 g/mol. The minimum atomic E-state index is -0.747. The maximum absolute atomic E-state index is 11.4. The third kappa shape index (κ3) is 2.10. The van der Waals surface area contributed by atoms with E-state index in [4.69, 9.17) is 0 Å². The minimum absolute atomic E-state index is 0.293. The van der Waals surface area contributed by atoms with E-state index in [1.165, 1.54) is 7.11 Å². The Morgan fingerprint density at radius 1 is 1.38 bits per heavy atom. The van der Waals surface area contributed by atoms with Crippen molar-refractivity contribution in [3.63, 3.8) is 0 Å². The van der Waals surface area contributed by atoms with Gasteiger partial charge in [0.1, 0.15) is 4.32 Å². The smallest absolute Gasteiger partial charge is 0.326 e. The van der Waals surface area contributed by atoms with E-state index in [0.717, 1.165) is 5.56 Å². The molecule has 0 fully saturated rings. The van der Waals surface area contributed by atoms with E-state index in [-0.39, 0.29) is 5.97 Å². The third-order valence-electron chi connectivity index (χ3n) is 1.88. The number of carbonyl (C=O) groups excluding carboxylic acids is 1. The molecular weight excluding hydrogens is 232 g/mol. The molecule has 0 spiro atoms. The van der Waals surface area contributed by atoms with E-state index >= 15 is 0 Å². The summed E-state index contributed by atoms with van der Waals surface area (Å²) in [5.41, 5.74) is 0.891. The van der Waals surface area contributed by atoms with E-state index < -0.39 is 4.32 Å². The van der Waals surface area contributed by atoms with Crippen LogP contribution in [0.15, 0.2) is 30.3 Å². The lowest BCUT2D eigenvalue weighted by Gasteiger charge is -2.19. The van der Waals surface area contributed by atoms with Crippen molar-refractivity contribution in [1.29, 1.82) is 0 Å². The summed E-state index contributed by atoms with van der Waals surface area (Å²) in [6, 6.07) is 9.44. The number of methoxy groups -OCH3 is 1. The van der Waals surface area contributed by atoms with Gasteiger partial charge >= 0.3 is 5.97 Å². The van der Waals surface area contributed by atoms with Gasteiger partial charge < -0.3 is 4.74 Å². The number of hydrogen-bond donors (Lipinski definition) is 0. The zero-order valence-electron chi connectivity index (χ0n) is 7.58. The fraction of sp³-hybridized carbons (Fsp3) is 0.300. The molecule has 1 aromatic rings. The molecule has 0 saturated carbocycles. The van der Waals surface area contributed by atoms with Crippen molar-refractivity contribution in [2.75, 3.05) is 7.11 Å². The molecular formula is C10H11BrO2. The SMILES string of the molecule is COC(=O)[C@@](C)(Br)c1ccccc1. The molecule has 1 atom stereocenters. The Morgan fingerprint density at radius 3 is 2.38 bits per heavy atom. The van der Waals surface area contributed by atoms with Crippen LogP contribution in [0.2, 0.25) is 0 Å². The highest BCUT2D eigenvalue weighted by atomic mass is 79.9. The first kappa shape index (κ1) is 10.3. The number of rotatable bonds is 2. The van der Waals surface area contributed by atoms with Gasteiger partial charge in [-0.1, -0.05) is 46.3 Å². The second kappa shape index (κ2) is 3.92. The highest BCUT2D eigenvalue weighted by Gasteiger charge is 2.32. The molecule has 0 aliphatic heterocycles. The van der Waals surface area contributed by atoms with E-state index in [1.54, 1.807) is 6.92 Å². The van der Waals surface area contributed by atoms with Gasteiger partial charge in [0.2, 0.25) is 0 Å². The number of carbonyl (C=O) groups is 1. The zero-order chi connectivity index (χ0) is 9.90. The summed E-state index contributed by atoms with van der Waals surface area (Å²) in [7, 11) is 1.38. The lowest BCUT2D eigenvalue weighted by atomic mass is 10.0. The molecule has 1 aromatic carbocycles. The number of halogens is 1. The van der Waals surface area contributed by atoms with E-state index in [0.29, 0.717) is 0 Å². The van der Waals surface area contributed by atoms with Gasteiger partial charge in [-0.05, 0) is 12.5 Å². The van der Waals surface area contributed by atoms with Crippen LogP contribution in [0.5, 0.6) is 0 Å². The first-order chi connectivity index (χ1) is 6.09. The van der Waals surface area contributed by atoms with E-state index in [2.05, 4.69) is 20.7 Å². The van der Waals surface area contributed by atoms with Crippen LogP contribution in [0.1, 0.15) is 12.5 Å². The second-order valence-electron chi connectivity index (χ2n) is 2.86. The fourth-order valence-electron chi connectivity index (χ4n) is 1.06. The maximum atomic E-state index is 11.4. The lowest BCUT2D eigenvalue weighted by Crippen LogP contribution is -2.26. The third-order valence-corrected chi connectivity index (χ3v) is 2.67. The summed E-state index contributed by atoms with van der Waals surface area (Å²) in [6.07, 6.45) is 0. The number of alkyl halides is 1. The molecule has 0 aliphatic rings. The largest absolute Gasteiger partial charge is 0.468 e. The summed E-state index contributed by atoms with van der Waals surface area (Å²) >= 11 is 3.34. The minimum Gasteiger partial charge on any atom is -0.468 e. The average Bonchev–Trinajstić information content (AvgIpc) is 2.18. The van der Waals surface area contributed by atoms with E-state index in [1.807, 2.05) is 30.3 Å². The average molecular weight is 243 g/mol. The van der Waals surface area contributed by atoms with Gasteiger partial charge in [-0.15, -0.1) is 0 Å². The zero-order valence-corrected chi connectivity index (χ0v) is 9.17. The molecule has 70 valence electrons. The molecule has 2 nitrogen and oxygen atoms in total. The molecule has 0 bridgehead atoms. The summed E-state index contributed by atoms with van der Waals surface area (Å²) in [6.45, 7) is 1.77. The molecule has 0 aliphatic carbocycles. The highest BCUT2D eigenvalue weighted by Crippen LogP contribution is 2.31. The standard InChI is InChI=1S/C10H11BrO2/c1-10(11,9(12)13-2)8-6-4-3-5-7-8/h3-7H,1-2H3/t10-/m0/s1. The van der Waals surface area contributed by atoms with Gasteiger partial charge in [-0.2, -0.15) is 0 Å². The van der Waals surface area contributed by atoms with Gasteiger partial charge in [0, 0.05) is 0 Å². The normalized spacial score (nSPS) is 14.7. The number of benzene rings is 1. The van der Waals surface area contributed by atoms with Crippen LogP contribution in [-0.4, -0.2) is 13.1 Å². The second-order valence-corrected chi connectivity index (χ2v) is 4.45. The molecule has 0 amide bonds. The van der Waals surface area contributed by atoms with Crippen molar-refractivity contribution < 1.29 is 9.53 Å². The van der Waals surface area contributed by atoms with Crippen LogP contribution >= 0.6 is 15.9 Å². The van der Waals surface area contributed by atoms with Gasteiger partial charge in [-0.3, -0.25) is 4.79 Å². The molecule has 0 saturated heterocycles. The van der Waals surface area contributed by atoms with Crippen LogP contribution in [0.25, 0.3) is 0 Å². The Kier molecular flexibility index (Phi) is 3.09. The first-order valence-electron chi connectivity index (χ1n) is 3.92. The molecule has 0 radical (unpaired) electrons. The predicted octanol–water partition coefficient (Wildman–Crippen LogP) is 2.47. The molecule has 1 rings (SSSR count). The summed E-state index contributed by atoms with van der Waals surface area (Å²) in [4.78, 5) is 11.4. The van der Waals surface area contributed by atoms with Gasteiger partial charge in [-0.25, -0.2) is 0 Å². The summed E-state index contributed by atoms with van der Waals surface area (Å²) in [5.74, 6) is -0.293. The molecule has 0 N–H and O–H groups in total. The van der Waals surface area contributed by atoms with Crippen molar-refractivity contribution >= 4 is 21.9 Å². The highest BCUT2D eigenvalue weighted by molar-refractivity contribution is 9.10. The topological polar surface area (TPSA) is 26.3 Å². The van der Waals surface area contributed by atoms with Gasteiger partial charge in [0.15, 0.2) is 0 Å². The van der Waals surface area contributed by atoms with Crippen LogP contribution in [0.3, 0.4) is 0 Å². The van der Waals surface area contributed by atoms with Gasteiger partial charge in [0.25, 0.3) is 0 Å². The summed E-state index contributed by atoms with van der Waals surface area (Å²) < 4.78 is 3.94. The Morgan fingerprint density at radius 2 is 1.92 bits per heavy atom. The Hall–Kier alpha value is -0.830. The Bertz CT molecular complexity index is 293.